The molecule has 0 aliphatic heterocycles. The largest absolute Gasteiger partial charge is 0.368 e. The molecule has 1 heterocycles. The van der Waals surface area contributed by atoms with Crippen molar-refractivity contribution in [3.8, 4) is 0 Å². The fourth-order valence-electron chi connectivity index (χ4n) is 2.06. The van der Waals surface area contributed by atoms with Crippen LogP contribution in [0.4, 0.5) is 5.82 Å². The van der Waals surface area contributed by atoms with E-state index >= 15 is 0 Å². The van der Waals surface area contributed by atoms with Gasteiger partial charge >= 0.3 is 0 Å². The van der Waals surface area contributed by atoms with Crippen molar-refractivity contribution in [1.82, 2.24) is 10.2 Å². The van der Waals surface area contributed by atoms with E-state index < -0.39 is 5.91 Å². The van der Waals surface area contributed by atoms with E-state index in [0.29, 0.717) is 11.2 Å². The van der Waals surface area contributed by atoms with Crippen molar-refractivity contribution in [2.24, 2.45) is 11.1 Å². The van der Waals surface area contributed by atoms with Gasteiger partial charge in [0.15, 0.2) is 5.69 Å². The van der Waals surface area contributed by atoms with Gasteiger partial charge in [-0.2, -0.15) is 0 Å². The monoisotopic (exact) mass is 234 g/mol. The van der Waals surface area contributed by atoms with E-state index in [1.165, 1.54) is 25.7 Å². The lowest BCUT2D eigenvalue weighted by Crippen LogP contribution is -2.17. The second-order valence-electron chi connectivity index (χ2n) is 4.77. The van der Waals surface area contributed by atoms with Crippen molar-refractivity contribution < 1.29 is 4.79 Å². The van der Waals surface area contributed by atoms with Gasteiger partial charge in [-0.25, -0.2) is 0 Å². The zero-order chi connectivity index (χ0) is 12.3. The molecule has 0 atom stereocenters. The van der Waals surface area contributed by atoms with E-state index in [4.69, 9.17) is 5.73 Å². The van der Waals surface area contributed by atoms with Crippen molar-refractivity contribution in [2.75, 3.05) is 11.9 Å². The van der Waals surface area contributed by atoms with Gasteiger partial charge in [-0.15, -0.1) is 10.2 Å². The van der Waals surface area contributed by atoms with Crippen LogP contribution in [0.3, 0.4) is 0 Å². The first-order chi connectivity index (χ1) is 8.15. The Morgan fingerprint density at radius 1 is 1.47 bits per heavy atom. The lowest BCUT2D eigenvalue weighted by Gasteiger charge is -2.14. The molecule has 0 spiro atoms. The summed E-state index contributed by atoms with van der Waals surface area (Å²) in [5.74, 6) is 0.158. The summed E-state index contributed by atoms with van der Waals surface area (Å²) in [5, 5.41) is 11.0. The Balaban J connectivity index is 1.89. The number of carbonyl (C=O) groups is 1. The fourth-order valence-corrected chi connectivity index (χ4v) is 2.06. The van der Waals surface area contributed by atoms with Crippen LogP contribution in [-0.2, 0) is 0 Å². The predicted molar refractivity (Wildman–Crippen MR) is 65.6 cm³/mol. The van der Waals surface area contributed by atoms with Gasteiger partial charge in [0.2, 0.25) is 0 Å². The summed E-state index contributed by atoms with van der Waals surface area (Å²) >= 11 is 0. The van der Waals surface area contributed by atoms with E-state index in [2.05, 4.69) is 22.4 Å². The minimum absolute atomic E-state index is 0.199. The predicted octanol–water partition coefficient (Wildman–Crippen LogP) is 1.57. The Morgan fingerprint density at radius 3 is 2.71 bits per heavy atom. The highest BCUT2D eigenvalue weighted by Crippen LogP contribution is 2.49. The second kappa shape index (κ2) is 4.69. The van der Waals surface area contributed by atoms with Gasteiger partial charge in [-0.1, -0.05) is 13.3 Å². The van der Waals surface area contributed by atoms with Crippen LogP contribution in [-0.4, -0.2) is 22.6 Å². The smallest absolute Gasteiger partial charge is 0.269 e. The average molecular weight is 234 g/mol. The van der Waals surface area contributed by atoms with Crippen LogP contribution >= 0.6 is 0 Å². The van der Waals surface area contributed by atoms with Crippen molar-refractivity contribution in [3.63, 3.8) is 0 Å². The molecule has 0 radical (unpaired) electrons. The van der Waals surface area contributed by atoms with Gasteiger partial charge in [-0.05, 0) is 36.8 Å². The molecule has 1 aromatic rings. The first-order valence-corrected chi connectivity index (χ1v) is 6.03. The molecule has 1 amide bonds. The van der Waals surface area contributed by atoms with E-state index in [9.17, 15) is 4.79 Å². The van der Waals surface area contributed by atoms with Gasteiger partial charge in [0.1, 0.15) is 5.82 Å². The number of nitrogens with two attached hydrogens (primary N) is 1. The molecule has 1 aliphatic rings. The van der Waals surface area contributed by atoms with Crippen molar-refractivity contribution in [3.05, 3.63) is 17.8 Å². The number of aromatic nitrogens is 2. The minimum Gasteiger partial charge on any atom is -0.368 e. The molecule has 1 aliphatic carbocycles. The summed E-state index contributed by atoms with van der Waals surface area (Å²) in [7, 11) is 0. The van der Waals surface area contributed by atoms with Crippen LogP contribution in [0.1, 0.15) is 43.1 Å². The number of amides is 1. The zero-order valence-corrected chi connectivity index (χ0v) is 10.1. The third kappa shape index (κ3) is 2.93. The molecule has 1 fully saturated rings. The first-order valence-electron chi connectivity index (χ1n) is 6.03. The first kappa shape index (κ1) is 11.8. The highest BCUT2D eigenvalue weighted by molar-refractivity contribution is 5.90. The van der Waals surface area contributed by atoms with Crippen molar-refractivity contribution >= 4 is 11.7 Å². The summed E-state index contributed by atoms with van der Waals surface area (Å²) in [4.78, 5) is 10.8. The second-order valence-corrected chi connectivity index (χ2v) is 4.77. The number of anilines is 1. The Labute approximate surface area is 101 Å². The van der Waals surface area contributed by atoms with Crippen LogP contribution in [0, 0.1) is 5.41 Å². The van der Waals surface area contributed by atoms with Crippen LogP contribution in [0.5, 0.6) is 0 Å². The molecule has 0 aromatic carbocycles. The molecule has 3 N–H and O–H groups in total. The van der Waals surface area contributed by atoms with Crippen LogP contribution in [0.2, 0.25) is 0 Å². The highest BCUT2D eigenvalue weighted by atomic mass is 16.1. The summed E-state index contributed by atoms with van der Waals surface area (Å²) in [6, 6.07) is 3.34. The van der Waals surface area contributed by atoms with E-state index in [0.717, 1.165) is 6.54 Å². The number of nitrogens with one attached hydrogen (secondary N) is 1. The topological polar surface area (TPSA) is 80.9 Å². The summed E-state index contributed by atoms with van der Waals surface area (Å²) < 4.78 is 0. The number of nitrogens with zero attached hydrogens (tertiary/aromatic N) is 2. The molecular weight excluding hydrogens is 216 g/mol. The lowest BCUT2D eigenvalue weighted by atomic mass is 10.0. The number of hydrogen-bond donors (Lipinski definition) is 2. The van der Waals surface area contributed by atoms with Gasteiger partial charge in [0.25, 0.3) is 5.91 Å². The standard InChI is InChI=1S/C12H18N4O/c1-2-5-12(6-7-12)8-14-10-4-3-9(11(13)17)15-16-10/h3-4H,2,5-8H2,1H3,(H2,13,17)(H,14,16). The number of rotatable bonds is 6. The minimum atomic E-state index is -0.548. The van der Waals surface area contributed by atoms with Crippen LogP contribution in [0.25, 0.3) is 0 Å². The summed E-state index contributed by atoms with van der Waals surface area (Å²) in [6.45, 7) is 3.15. The Kier molecular flexibility index (Phi) is 3.26. The van der Waals surface area contributed by atoms with Gasteiger partial charge < -0.3 is 11.1 Å². The average Bonchev–Trinajstić information content (AvgIpc) is 3.08. The molecule has 1 aromatic heterocycles. The summed E-state index contributed by atoms with van der Waals surface area (Å²) in [6.07, 6.45) is 5.06. The fraction of sp³-hybridized carbons (Fsp3) is 0.583. The third-order valence-corrected chi connectivity index (χ3v) is 3.30. The molecule has 0 unspecified atom stereocenters. The molecule has 17 heavy (non-hydrogen) atoms. The molecule has 0 saturated heterocycles. The maximum absolute atomic E-state index is 10.8. The van der Waals surface area contributed by atoms with Crippen LogP contribution in [0.15, 0.2) is 12.1 Å². The maximum atomic E-state index is 10.8. The third-order valence-electron chi connectivity index (χ3n) is 3.30. The number of primary amides is 1. The zero-order valence-electron chi connectivity index (χ0n) is 10.1. The number of carbonyl (C=O) groups excluding carboxylic acids is 1. The normalized spacial score (nSPS) is 16.5. The Morgan fingerprint density at radius 2 is 2.24 bits per heavy atom. The molecule has 0 bridgehead atoms. The van der Waals surface area contributed by atoms with Gasteiger partial charge in [0, 0.05) is 6.54 Å². The summed E-state index contributed by atoms with van der Waals surface area (Å²) in [5.41, 5.74) is 5.77. The van der Waals surface area contributed by atoms with Crippen LogP contribution < -0.4 is 11.1 Å². The number of hydrogen-bond acceptors (Lipinski definition) is 4. The van der Waals surface area contributed by atoms with Gasteiger partial charge in [-0.3, -0.25) is 4.79 Å². The molecular formula is C12H18N4O. The molecule has 1 saturated carbocycles. The van der Waals surface area contributed by atoms with E-state index in [1.54, 1.807) is 12.1 Å². The maximum Gasteiger partial charge on any atom is 0.269 e. The Hall–Kier alpha value is -1.65. The molecule has 5 heteroatoms. The molecule has 92 valence electrons. The Bertz CT molecular complexity index is 397. The molecule has 2 rings (SSSR count). The lowest BCUT2D eigenvalue weighted by molar-refractivity contribution is 0.0994. The SMILES string of the molecule is CCCC1(CNc2ccc(C(N)=O)nn2)CC1. The van der Waals surface area contributed by atoms with Crippen molar-refractivity contribution in [2.45, 2.75) is 32.6 Å². The van der Waals surface area contributed by atoms with E-state index in [-0.39, 0.29) is 5.69 Å². The highest BCUT2D eigenvalue weighted by Gasteiger charge is 2.41. The van der Waals surface area contributed by atoms with E-state index in [1.807, 2.05) is 0 Å². The van der Waals surface area contributed by atoms with Crippen molar-refractivity contribution in [1.29, 1.82) is 0 Å². The molecule has 5 nitrogen and oxygen atoms in total. The van der Waals surface area contributed by atoms with Gasteiger partial charge in [0.05, 0.1) is 0 Å². The quantitative estimate of drug-likeness (QED) is 0.782.